The Bertz CT molecular complexity index is 450. The van der Waals surface area contributed by atoms with Crippen molar-refractivity contribution < 1.29 is 9.53 Å². The lowest BCUT2D eigenvalue weighted by atomic mass is 9.97. The lowest BCUT2D eigenvalue weighted by molar-refractivity contribution is 0.0974. The van der Waals surface area contributed by atoms with E-state index >= 15 is 0 Å². The van der Waals surface area contributed by atoms with Crippen LogP contribution in [0.5, 0.6) is 5.75 Å². The van der Waals surface area contributed by atoms with Gasteiger partial charge in [-0.05, 0) is 52.9 Å². The smallest absolute Gasteiger partial charge is 0.162 e. The monoisotopic (exact) mass is 338 g/mol. The lowest BCUT2D eigenvalue weighted by Crippen LogP contribution is -2.04. The summed E-state index contributed by atoms with van der Waals surface area (Å²) in [6.45, 7) is 2.78. The van der Waals surface area contributed by atoms with Gasteiger partial charge in [-0.15, -0.1) is 0 Å². The number of carbonyl (C=O) groups is 1. The number of halogens is 1. The predicted molar refractivity (Wildman–Crippen MR) is 85.5 cm³/mol. The first-order valence-electron chi connectivity index (χ1n) is 7.66. The molecule has 2 nitrogen and oxygen atoms in total. The molecule has 0 bridgehead atoms. The molecule has 1 fully saturated rings. The largest absolute Gasteiger partial charge is 0.492 e. The van der Waals surface area contributed by atoms with Crippen molar-refractivity contribution in [3.8, 4) is 5.75 Å². The molecule has 0 radical (unpaired) electrons. The third-order valence-corrected chi connectivity index (χ3v) is 4.59. The molecule has 2 rings (SSSR count). The highest BCUT2D eigenvalue weighted by atomic mass is 79.9. The second kappa shape index (κ2) is 7.82. The number of ketones is 1. The number of ether oxygens (including phenoxy) is 1. The zero-order valence-electron chi connectivity index (χ0n) is 12.2. The van der Waals surface area contributed by atoms with Gasteiger partial charge in [0.15, 0.2) is 5.78 Å². The average Bonchev–Trinajstić information content (AvgIpc) is 2.96. The molecule has 3 heteroatoms. The van der Waals surface area contributed by atoms with E-state index < -0.39 is 0 Å². The molecule has 110 valence electrons. The second-order valence-corrected chi connectivity index (χ2v) is 6.46. The summed E-state index contributed by atoms with van der Waals surface area (Å²) in [6.07, 6.45) is 7.99. The van der Waals surface area contributed by atoms with Crippen LogP contribution in [-0.2, 0) is 0 Å². The molecule has 1 aromatic rings. The van der Waals surface area contributed by atoms with Gasteiger partial charge in [-0.25, -0.2) is 0 Å². The first kappa shape index (κ1) is 15.6. The van der Waals surface area contributed by atoms with Crippen LogP contribution in [0.1, 0.15) is 62.2 Å². The van der Waals surface area contributed by atoms with Crippen molar-refractivity contribution in [3.05, 3.63) is 28.2 Å². The van der Waals surface area contributed by atoms with Crippen LogP contribution in [0.2, 0.25) is 0 Å². The van der Waals surface area contributed by atoms with E-state index in [1.165, 1.54) is 25.7 Å². The molecular weight excluding hydrogens is 316 g/mol. The molecule has 1 aromatic carbocycles. The van der Waals surface area contributed by atoms with Gasteiger partial charge in [-0.1, -0.05) is 32.6 Å². The third-order valence-electron chi connectivity index (χ3n) is 3.97. The van der Waals surface area contributed by atoms with Crippen LogP contribution < -0.4 is 4.74 Å². The van der Waals surface area contributed by atoms with E-state index in [1.807, 2.05) is 18.2 Å². The van der Waals surface area contributed by atoms with E-state index in [2.05, 4.69) is 22.9 Å². The fourth-order valence-corrected chi connectivity index (χ4v) is 3.28. The molecule has 0 aliphatic heterocycles. The maximum absolute atomic E-state index is 12.2. The zero-order valence-corrected chi connectivity index (χ0v) is 13.7. The van der Waals surface area contributed by atoms with Gasteiger partial charge in [0.1, 0.15) is 5.75 Å². The van der Waals surface area contributed by atoms with Gasteiger partial charge < -0.3 is 4.74 Å². The molecule has 0 spiro atoms. The van der Waals surface area contributed by atoms with Crippen LogP contribution >= 0.6 is 15.9 Å². The van der Waals surface area contributed by atoms with Crippen molar-refractivity contribution in [2.45, 2.75) is 51.9 Å². The Morgan fingerprint density at radius 1 is 1.35 bits per heavy atom. The van der Waals surface area contributed by atoms with Crippen LogP contribution in [0, 0.1) is 5.92 Å². The van der Waals surface area contributed by atoms with Crippen molar-refractivity contribution in [3.63, 3.8) is 0 Å². The van der Waals surface area contributed by atoms with Crippen LogP contribution in [0.3, 0.4) is 0 Å². The Labute approximate surface area is 130 Å². The summed E-state index contributed by atoms with van der Waals surface area (Å²) in [5, 5.41) is 0. The van der Waals surface area contributed by atoms with E-state index in [-0.39, 0.29) is 5.78 Å². The minimum atomic E-state index is 0.250. The van der Waals surface area contributed by atoms with Gasteiger partial charge >= 0.3 is 0 Å². The van der Waals surface area contributed by atoms with Crippen LogP contribution in [-0.4, -0.2) is 12.4 Å². The van der Waals surface area contributed by atoms with Crippen LogP contribution in [0.4, 0.5) is 0 Å². The Hall–Kier alpha value is -0.830. The molecule has 0 atom stereocenters. The summed E-state index contributed by atoms with van der Waals surface area (Å²) in [7, 11) is 0. The molecular formula is C17H23BrO2. The number of hydrogen-bond donors (Lipinski definition) is 0. The van der Waals surface area contributed by atoms with E-state index in [4.69, 9.17) is 4.74 Å². The number of rotatable bonds is 7. The molecule has 1 saturated carbocycles. The zero-order chi connectivity index (χ0) is 14.4. The van der Waals surface area contributed by atoms with Crippen molar-refractivity contribution in [2.24, 2.45) is 5.92 Å². The van der Waals surface area contributed by atoms with Crippen LogP contribution in [0.15, 0.2) is 22.7 Å². The summed E-state index contributed by atoms with van der Waals surface area (Å²) in [5.41, 5.74) is 0.790. The Morgan fingerprint density at radius 2 is 2.10 bits per heavy atom. The quantitative estimate of drug-likeness (QED) is 0.623. The van der Waals surface area contributed by atoms with Gasteiger partial charge in [0, 0.05) is 12.0 Å². The number of carbonyl (C=O) groups excluding carboxylic acids is 1. The lowest BCUT2D eigenvalue weighted by Gasteiger charge is -2.10. The number of hydrogen-bond acceptors (Lipinski definition) is 2. The van der Waals surface area contributed by atoms with Gasteiger partial charge in [0.2, 0.25) is 0 Å². The Balaban J connectivity index is 1.90. The molecule has 0 heterocycles. The molecule has 0 N–H and O–H groups in total. The van der Waals surface area contributed by atoms with Crippen molar-refractivity contribution in [1.82, 2.24) is 0 Å². The van der Waals surface area contributed by atoms with Crippen molar-refractivity contribution >= 4 is 21.7 Å². The topological polar surface area (TPSA) is 26.3 Å². The predicted octanol–water partition coefficient (Wildman–Crippen LogP) is 5.39. The van der Waals surface area contributed by atoms with Crippen LogP contribution in [0.25, 0.3) is 0 Å². The molecule has 1 aliphatic rings. The summed E-state index contributed by atoms with van der Waals surface area (Å²) in [5.74, 6) is 1.84. The highest BCUT2D eigenvalue weighted by Crippen LogP contribution is 2.30. The van der Waals surface area contributed by atoms with Gasteiger partial charge in [0.25, 0.3) is 0 Å². The average molecular weight is 339 g/mol. The second-order valence-electron chi connectivity index (χ2n) is 5.61. The number of benzene rings is 1. The fraction of sp³-hybridized carbons (Fsp3) is 0.588. The van der Waals surface area contributed by atoms with E-state index in [0.717, 1.165) is 34.5 Å². The first-order valence-corrected chi connectivity index (χ1v) is 8.45. The van der Waals surface area contributed by atoms with Gasteiger partial charge in [-0.2, -0.15) is 0 Å². The summed E-state index contributed by atoms with van der Waals surface area (Å²) in [4.78, 5) is 12.2. The summed E-state index contributed by atoms with van der Waals surface area (Å²) in [6, 6.07) is 5.66. The normalized spacial score (nSPS) is 15.5. The molecule has 20 heavy (non-hydrogen) atoms. The Kier molecular flexibility index (Phi) is 6.08. The van der Waals surface area contributed by atoms with E-state index in [9.17, 15) is 4.79 Å². The SMILES string of the molecule is CCCOc1ccc(C(=O)CCC2CCCC2)cc1Br. The van der Waals surface area contributed by atoms with Gasteiger partial charge in [0.05, 0.1) is 11.1 Å². The molecule has 0 amide bonds. The molecule has 1 aliphatic carbocycles. The van der Waals surface area contributed by atoms with E-state index in [1.54, 1.807) is 0 Å². The third kappa shape index (κ3) is 4.34. The maximum atomic E-state index is 12.2. The minimum Gasteiger partial charge on any atom is -0.492 e. The van der Waals surface area contributed by atoms with Crippen molar-refractivity contribution in [1.29, 1.82) is 0 Å². The molecule has 0 unspecified atom stereocenters. The van der Waals surface area contributed by atoms with Gasteiger partial charge in [-0.3, -0.25) is 4.79 Å². The molecule has 0 aromatic heterocycles. The Morgan fingerprint density at radius 3 is 2.75 bits per heavy atom. The number of Topliss-reactive ketones (excluding diaryl/α,β-unsaturated/α-hetero) is 1. The highest BCUT2D eigenvalue weighted by molar-refractivity contribution is 9.10. The summed E-state index contributed by atoms with van der Waals surface area (Å²) >= 11 is 3.49. The summed E-state index contributed by atoms with van der Waals surface area (Å²) < 4.78 is 6.48. The highest BCUT2D eigenvalue weighted by Gasteiger charge is 2.17. The maximum Gasteiger partial charge on any atom is 0.162 e. The first-order chi connectivity index (χ1) is 9.70. The molecule has 0 saturated heterocycles. The standard InChI is InChI=1S/C17H23BrO2/c1-2-11-20-17-10-8-14(12-15(17)18)16(19)9-7-13-5-3-4-6-13/h8,10,12-13H,2-7,9,11H2,1H3. The fourth-order valence-electron chi connectivity index (χ4n) is 2.78. The van der Waals surface area contributed by atoms with E-state index in [0.29, 0.717) is 13.0 Å². The minimum absolute atomic E-state index is 0.250. The van der Waals surface area contributed by atoms with Crippen molar-refractivity contribution in [2.75, 3.05) is 6.61 Å².